The van der Waals surface area contributed by atoms with Crippen molar-refractivity contribution in [2.24, 2.45) is 0 Å². The van der Waals surface area contributed by atoms with E-state index in [1.165, 1.54) is 28.2 Å². The van der Waals surface area contributed by atoms with Crippen molar-refractivity contribution in [2.45, 2.75) is 39.2 Å². The second-order valence-electron chi connectivity index (χ2n) is 7.01. The minimum Gasteiger partial charge on any atom is -0.365 e. The van der Waals surface area contributed by atoms with E-state index < -0.39 is 0 Å². The minimum atomic E-state index is -0.134. The Labute approximate surface area is 162 Å². The maximum absolute atomic E-state index is 12.6. The number of rotatable bonds is 4. The molecule has 0 spiro atoms. The van der Waals surface area contributed by atoms with Crippen LogP contribution in [0.2, 0.25) is 0 Å². The van der Waals surface area contributed by atoms with Gasteiger partial charge in [0.15, 0.2) is 5.13 Å². The van der Waals surface area contributed by atoms with Gasteiger partial charge in [0.25, 0.3) is 5.91 Å². The third kappa shape index (κ3) is 3.47. The van der Waals surface area contributed by atoms with E-state index in [0.717, 1.165) is 35.6 Å². The third-order valence-electron chi connectivity index (χ3n) is 4.89. The van der Waals surface area contributed by atoms with E-state index in [2.05, 4.69) is 52.8 Å². The van der Waals surface area contributed by atoms with E-state index >= 15 is 0 Å². The highest BCUT2D eigenvalue weighted by Gasteiger charge is 2.27. The molecule has 1 unspecified atom stereocenters. The first-order valence-electron chi connectivity index (χ1n) is 9.15. The van der Waals surface area contributed by atoms with Crippen LogP contribution in [0.15, 0.2) is 29.8 Å². The Morgan fingerprint density at radius 1 is 1.26 bits per heavy atom. The van der Waals surface area contributed by atoms with Crippen LogP contribution in [0.4, 0.5) is 5.13 Å². The summed E-state index contributed by atoms with van der Waals surface area (Å²) in [6, 6.07) is 6.43. The lowest BCUT2D eigenvalue weighted by Gasteiger charge is -2.24. The van der Waals surface area contributed by atoms with Crippen LogP contribution in [0.5, 0.6) is 0 Å². The Bertz CT molecular complexity index is 970. The first-order valence-corrected chi connectivity index (χ1v) is 10.0. The number of hydrogen-bond acceptors (Lipinski definition) is 5. The number of nitrogens with one attached hydrogen (secondary N) is 2. The molecule has 0 fully saturated rings. The van der Waals surface area contributed by atoms with Gasteiger partial charge >= 0.3 is 0 Å². The van der Waals surface area contributed by atoms with Crippen LogP contribution < -0.4 is 10.6 Å². The fourth-order valence-corrected chi connectivity index (χ4v) is 4.38. The van der Waals surface area contributed by atoms with Gasteiger partial charge in [-0.1, -0.05) is 6.07 Å². The average molecular weight is 382 g/mol. The van der Waals surface area contributed by atoms with Crippen LogP contribution in [0.25, 0.3) is 5.69 Å². The number of carbonyl (C=O) groups excluding carboxylic acids is 1. The van der Waals surface area contributed by atoms with Gasteiger partial charge in [0.05, 0.1) is 17.9 Å². The summed E-state index contributed by atoms with van der Waals surface area (Å²) in [6.45, 7) is 4.20. The van der Waals surface area contributed by atoms with Gasteiger partial charge in [-0.15, -0.1) is 11.3 Å². The summed E-state index contributed by atoms with van der Waals surface area (Å²) in [4.78, 5) is 16.9. The number of amides is 1. The van der Waals surface area contributed by atoms with E-state index in [4.69, 9.17) is 0 Å². The SMILES string of the molecule is CNc1nc(C(=O)NC2CCCc3c2cnn3-c2cc(C)cc(C)c2)cs1. The lowest BCUT2D eigenvalue weighted by molar-refractivity contribution is 0.0928. The van der Waals surface area contributed by atoms with Gasteiger partial charge in [-0.2, -0.15) is 5.10 Å². The van der Waals surface area contributed by atoms with Gasteiger partial charge in [-0.05, 0) is 56.4 Å². The summed E-state index contributed by atoms with van der Waals surface area (Å²) < 4.78 is 2.02. The molecular formula is C20H23N5OS. The molecule has 1 atom stereocenters. The number of benzene rings is 1. The van der Waals surface area contributed by atoms with Crippen LogP contribution in [0, 0.1) is 13.8 Å². The molecule has 1 amide bonds. The molecule has 2 heterocycles. The summed E-state index contributed by atoms with van der Waals surface area (Å²) in [6.07, 6.45) is 4.81. The predicted octanol–water partition coefficient (Wildman–Crippen LogP) is 3.79. The zero-order chi connectivity index (χ0) is 19.0. The number of aromatic nitrogens is 3. The Morgan fingerprint density at radius 2 is 2.04 bits per heavy atom. The fourth-order valence-electron chi connectivity index (χ4n) is 3.73. The monoisotopic (exact) mass is 381 g/mol. The van der Waals surface area contributed by atoms with Crippen molar-refractivity contribution >= 4 is 22.4 Å². The molecule has 1 aromatic carbocycles. The van der Waals surface area contributed by atoms with Gasteiger partial charge in [0, 0.05) is 23.7 Å². The highest BCUT2D eigenvalue weighted by atomic mass is 32.1. The number of fused-ring (bicyclic) bond motifs is 1. The summed E-state index contributed by atoms with van der Waals surface area (Å²) in [5, 5.41) is 13.3. The molecule has 0 saturated heterocycles. The molecule has 2 N–H and O–H groups in total. The Hall–Kier alpha value is -2.67. The maximum Gasteiger partial charge on any atom is 0.271 e. The molecule has 1 aliphatic rings. The van der Waals surface area contributed by atoms with Crippen molar-refractivity contribution < 1.29 is 4.79 Å². The highest BCUT2D eigenvalue weighted by Crippen LogP contribution is 2.31. The number of thiazole rings is 1. The minimum absolute atomic E-state index is 0.0272. The molecule has 0 saturated carbocycles. The standard InChI is InChI=1S/C20H23N5OS/c1-12-7-13(2)9-14(8-12)25-18-6-4-5-16(15(18)10-22-25)23-19(26)17-11-27-20(21-3)24-17/h7-11,16H,4-6H2,1-3H3,(H,21,24)(H,23,26). The molecule has 6 nitrogen and oxygen atoms in total. The van der Waals surface area contributed by atoms with Crippen LogP contribution >= 0.6 is 11.3 Å². The largest absolute Gasteiger partial charge is 0.365 e. The lowest BCUT2D eigenvalue weighted by Crippen LogP contribution is -2.31. The molecule has 140 valence electrons. The zero-order valence-electron chi connectivity index (χ0n) is 15.7. The topological polar surface area (TPSA) is 71.8 Å². The molecule has 2 aromatic heterocycles. The molecule has 4 rings (SSSR count). The highest BCUT2D eigenvalue weighted by molar-refractivity contribution is 7.13. The second kappa shape index (κ2) is 7.15. The first-order chi connectivity index (χ1) is 13.0. The summed E-state index contributed by atoms with van der Waals surface area (Å²) in [5.41, 5.74) is 6.28. The van der Waals surface area contributed by atoms with Crippen molar-refractivity contribution in [3.05, 3.63) is 57.9 Å². The Kier molecular flexibility index (Phi) is 4.70. The molecule has 0 radical (unpaired) electrons. The summed E-state index contributed by atoms with van der Waals surface area (Å²) >= 11 is 1.43. The quantitative estimate of drug-likeness (QED) is 0.721. The first kappa shape index (κ1) is 17.7. The van der Waals surface area contributed by atoms with Gasteiger partial charge in [-0.25, -0.2) is 9.67 Å². The van der Waals surface area contributed by atoms with Crippen LogP contribution in [-0.2, 0) is 6.42 Å². The maximum atomic E-state index is 12.6. The van der Waals surface area contributed by atoms with Crippen LogP contribution in [-0.4, -0.2) is 27.7 Å². The van der Waals surface area contributed by atoms with E-state index in [-0.39, 0.29) is 11.9 Å². The number of anilines is 1. The lowest BCUT2D eigenvalue weighted by atomic mass is 9.92. The van der Waals surface area contributed by atoms with Crippen molar-refractivity contribution in [3.63, 3.8) is 0 Å². The van der Waals surface area contributed by atoms with Crippen molar-refractivity contribution in [1.29, 1.82) is 0 Å². The van der Waals surface area contributed by atoms with E-state index in [1.807, 2.05) is 10.9 Å². The normalized spacial score (nSPS) is 16.0. The fraction of sp³-hybridized carbons (Fsp3) is 0.350. The number of hydrogen-bond donors (Lipinski definition) is 2. The Morgan fingerprint density at radius 3 is 2.74 bits per heavy atom. The van der Waals surface area contributed by atoms with Gasteiger partial charge in [0.1, 0.15) is 5.69 Å². The van der Waals surface area contributed by atoms with E-state index in [9.17, 15) is 4.79 Å². The van der Waals surface area contributed by atoms with Gasteiger partial charge < -0.3 is 10.6 Å². The number of aryl methyl sites for hydroxylation is 2. The van der Waals surface area contributed by atoms with Crippen molar-refractivity contribution in [3.8, 4) is 5.69 Å². The van der Waals surface area contributed by atoms with Gasteiger partial charge in [-0.3, -0.25) is 4.79 Å². The molecule has 0 aliphatic heterocycles. The predicted molar refractivity (Wildman–Crippen MR) is 108 cm³/mol. The van der Waals surface area contributed by atoms with Crippen molar-refractivity contribution in [2.75, 3.05) is 12.4 Å². The molecule has 1 aliphatic carbocycles. The second-order valence-corrected chi connectivity index (χ2v) is 7.87. The number of carbonyl (C=O) groups is 1. The Balaban J connectivity index is 1.61. The smallest absolute Gasteiger partial charge is 0.271 e. The van der Waals surface area contributed by atoms with Crippen LogP contribution in [0.1, 0.15) is 51.8 Å². The third-order valence-corrected chi connectivity index (χ3v) is 5.75. The van der Waals surface area contributed by atoms with Crippen LogP contribution in [0.3, 0.4) is 0 Å². The summed E-state index contributed by atoms with van der Waals surface area (Å²) in [5.74, 6) is -0.134. The van der Waals surface area contributed by atoms with Gasteiger partial charge in [0.2, 0.25) is 0 Å². The molecule has 0 bridgehead atoms. The molecular weight excluding hydrogens is 358 g/mol. The zero-order valence-corrected chi connectivity index (χ0v) is 16.6. The molecule has 27 heavy (non-hydrogen) atoms. The van der Waals surface area contributed by atoms with Crippen molar-refractivity contribution in [1.82, 2.24) is 20.1 Å². The number of nitrogens with zero attached hydrogens (tertiary/aromatic N) is 3. The molecule has 7 heteroatoms. The summed E-state index contributed by atoms with van der Waals surface area (Å²) in [7, 11) is 1.80. The van der Waals surface area contributed by atoms with E-state index in [1.54, 1.807) is 12.4 Å². The van der Waals surface area contributed by atoms with E-state index in [0.29, 0.717) is 5.69 Å². The molecule has 3 aromatic rings. The average Bonchev–Trinajstić information content (AvgIpc) is 3.28.